The summed E-state index contributed by atoms with van der Waals surface area (Å²) in [6.07, 6.45) is 3.60. The molecule has 114 valence electrons. The molecule has 0 bridgehead atoms. The van der Waals surface area contributed by atoms with E-state index in [2.05, 4.69) is 15.3 Å². The summed E-state index contributed by atoms with van der Waals surface area (Å²) in [4.78, 5) is 30.9. The Morgan fingerprint density at radius 2 is 1.86 bits per heavy atom. The first-order valence-corrected chi connectivity index (χ1v) is 6.72. The Bertz CT molecular complexity index is 671. The molecular weight excluding hydrogens is 284 g/mol. The SMILES string of the molecule is CCc1ccc(NC(=O)COC(=O)c2nccnc2N)cc1. The number of hydrogen-bond donors (Lipinski definition) is 2. The van der Waals surface area contributed by atoms with Crippen molar-refractivity contribution >= 4 is 23.4 Å². The molecular formula is C15H16N4O3. The van der Waals surface area contributed by atoms with Crippen LogP contribution in [0.15, 0.2) is 36.7 Å². The molecule has 0 unspecified atom stereocenters. The van der Waals surface area contributed by atoms with E-state index in [-0.39, 0.29) is 11.5 Å². The van der Waals surface area contributed by atoms with Gasteiger partial charge in [-0.1, -0.05) is 19.1 Å². The molecule has 0 atom stereocenters. The summed E-state index contributed by atoms with van der Waals surface area (Å²) in [5, 5.41) is 2.63. The van der Waals surface area contributed by atoms with Crippen molar-refractivity contribution in [2.24, 2.45) is 0 Å². The highest BCUT2D eigenvalue weighted by atomic mass is 16.5. The van der Waals surface area contributed by atoms with Crippen LogP contribution in [0.4, 0.5) is 11.5 Å². The van der Waals surface area contributed by atoms with Gasteiger partial charge in [-0.05, 0) is 24.1 Å². The van der Waals surface area contributed by atoms with Crippen LogP contribution in [0.2, 0.25) is 0 Å². The molecule has 1 aromatic carbocycles. The maximum absolute atomic E-state index is 11.7. The van der Waals surface area contributed by atoms with E-state index in [9.17, 15) is 9.59 Å². The summed E-state index contributed by atoms with van der Waals surface area (Å²) in [6.45, 7) is 1.62. The molecule has 7 nitrogen and oxygen atoms in total. The number of nitrogens with zero attached hydrogens (tertiary/aromatic N) is 2. The Morgan fingerprint density at radius 3 is 2.50 bits per heavy atom. The minimum atomic E-state index is -0.790. The van der Waals surface area contributed by atoms with Gasteiger partial charge in [0.2, 0.25) is 0 Å². The molecule has 2 rings (SSSR count). The molecule has 0 radical (unpaired) electrons. The van der Waals surface area contributed by atoms with Gasteiger partial charge in [0.1, 0.15) is 0 Å². The van der Waals surface area contributed by atoms with Crippen LogP contribution in [0, 0.1) is 0 Å². The van der Waals surface area contributed by atoms with Gasteiger partial charge in [0.05, 0.1) is 0 Å². The highest BCUT2D eigenvalue weighted by Crippen LogP contribution is 2.10. The molecule has 0 aliphatic rings. The summed E-state index contributed by atoms with van der Waals surface area (Å²) >= 11 is 0. The number of esters is 1. The fourth-order valence-electron chi connectivity index (χ4n) is 1.73. The van der Waals surface area contributed by atoms with Crippen LogP contribution >= 0.6 is 0 Å². The van der Waals surface area contributed by atoms with Gasteiger partial charge in [-0.3, -0.25) is 4.79 Å². The van der Waals surface area contributed by atoms with Gasteiger partial charge in [0.15, 0.2) is 18.1 Å². The van der Waals surface area contributed by atoms with Crippen LogP contribution in [-0.4, -0.2) is 28.5 Å². The summed E-state index contributed by atoms with van der Waals surface area (Å²) in [6, 6.07) is 7.42. The van der Waals surface area contributed by atoms with Crippen LogP contribution in [0.1, 0.15) is 23.0 Å². The normalized spacial score (nSPS) is 10.0. The third kappa shape index (κ3) is 4.02. The number of benzene rings is 1. The molecule has 0 saturated carbocycles. The van der Waals surface area contributed by atoms with E-state index in [0.29, 0.717) is 5.69 Å². The molecule has 7 heteroatoms. The molecule has 0 spiro atoms. The van der Waals surface area contributed by atoms with Crippen molar-refractivity contribution in [3.63, 3.8) is 0 Å². The number of aromatic nitrogens is 2. The lowest BCUT2D eigenvalue weighted by molar-refractivity contribution is -0.119. The maximum Gasteiger partial charge on any atom is 0.361 e. The number of carbonyl (C=O) groups excluding carboxylic acids is 2. The van der Waals surface area contributed by atoms with Gasteiger partial charge < -0.3 is 15.8 Å². The van der Waals surface area contributed by atoms with Gasteiger partial charge >= 0.3 is 5.97 Å². The molecule has 22 heavy (non-hydrogen) atoms. The van der Waals surface area contributed by atoms with Crippen molar-refractivity contribution < 1.29 is 14.3 Å². The molecule has 0 fully saturated rings. The largest absolute Gasteiger partial charge is 0.451 e. The number of anilines is 2. The van der Waals surface area contributed by atoms with E-state index >= 15 is 0 Å². The number of ether oxygens (including phenoxy) is 1. The number of rotatable bonds is 5. The Balaban J connectivity index is 1.87. The summed E-state index contributed by atoms with van der Waals surface area (Å²) < 4.78 is 4.85. The molecule has 1 aromatic heterocycles. The van der Waals surface area contributed by atoms with Crippen molar-refractivity contribution in [3.05, 3.63) is 47.9 Å². The zero-order chi connectivity index (χ0) is 15.9. The molecule has 2 aromatic rings. The van der Waals surface area contributed by atoms with Crippen molar-refractivity contribution in [3.8, 4) is 0 Å². The lowest BCUT2D eigenvalue weighted by Crippen LogP contribution is -2.22. The van der Waals surface area contributed by atoms with Crippen LogP contribution in [0.3, 0.4) is 0 Å². The maximum atomic E-state index is 11.7. The molecule has 0 aliphatic heterocycles. The average molecular weight is 300 g/mol. The van der Waals surface area contributed by atoms with Gasteiger partial charge in [-0.15, -0.1) is 0 Å². The van der Waals surface area contributed by atoms with Crippen molar-refractivity contribution in [2.75, 3.05) is 17.7 Å². The highest BCUT2D eigenvalue weighted by Gasteiger charge is 2.15. The first-order valence-electron chi connectivity index (χ1n) is 6.72. The standard InChI is InChI=1S/C15H16N4O3/c1-2-10-3-5-11(6-4-10)19-12(20)9-22-15(21)13-14(16)18-8-7-17-13/h3-8H,2,9H2,1H3,(H2,16,18)(H,19,20). The van der Waals surface area contributed by atoms with E-state index in [1.165, 1.54) is 18.0 Å². The number of nitrogens with two attached hydrogens (primary N) is 1. The smallest absolute Gasteiger partial charge is 0.361 e. The topological polar surface area (TPSA) is 107 Å². The second-order valence-electron chi connectivity index (χ2n) is 4.46. The Labute approximate surface area is 127 Å². The fraction of sp³-hybridized carbons (Fsp3) is 0.200. The molecule has 1 heterocycles. The molecule has 0 saturated heterocycles. The van der Waals surface area contributed by atoms with Crippen LogP contribution < -0.4 is 11.1 Å². The monoisotopic (exact) mass is 300 g/mol. The number of nitrogens with one attached hydrogen (secondary N) is 1. The van der Waals surface area contributed by atoms with Crippen LogP contribution in [0.5, 0.6) is 0 Å². The number of amides is 1. The predicted molar refractivity (Wildman–Crippen MR) is 81.2 cm³/mol. The van der Waals surface area contributed by atoms with Crippen molar-refractivity contribution in [1.29, 1.82) is 0 Å². The van der Waals surface area contributed by atoms with Crippen molar-refractivity contribution in [1.82, 2.24) is 9.97 Å². The van der Waals surface area contributed by atoms with Gasteiger partial charge in [0, 0.05) is 18.1 Å². The highest BCUT2D eigenvalue weighted by molar-refractivity contribution is 5.96. The second-order valence-corrected chi connectivity index (χ2v) is 4.46. The number of aryl methyl sites for hydroxylation is 1. The Hall–Kier alpha value is -2.96. The minimum Gasteiger partial charge on any atom is -0.451 e. The quantitative estimate of drug-likeness (QED) is 0.809. The van der Waals surface area contributed by atoms with E-state index in [4.69, 9.17) is 10.5 Å². The number of carbonyl (C=O) groups is 2. The summed E-state index contributed by atoms with van der Waals surface area (Å²) in [5.74, 6) is -1.27. The minimum absolute atomic E-state index is 0.0388. The second kappa shape index (κ2) is 7.16. The van der Waals surface area contributed by atoms with E-state index in [1.807, 2.05) is 19.1 Å². The van der Waals surface area contributed by atoms with Gasteiger partial charge in [-0.25, -0.2) is 14.8 Å². The summed E-state index contributed by atoms with van der Waals surface area (Å²) in [5.41, 5.74) is 7.20. The summed E-state index contributed by atoms with van der Waals surface area (Å²) in [7, 11) is 0. The Kier molecular flexibility index (Phi) is 5.02. The zero-order valence-corrected chi connectivity index (χ0v) is 12.1. The Morgan fingerprint density at radius 1 is 1.18 bits per heavy atom. The van der Waals surface area contributed by atoms with Gasteiger partial charge in [-0.2, -0.15) is 0 Å². The van der Waals surface area contributed by atoms with Gasteiger partial charge in [0.25, 0.3) is 5.91 Å². The van der Waals surface area contributed by atoms with Crippen molar-refractivity contribution in [2.45, 2.75) is 13.3 Å². The van der Waals surface area contributed by atoms with Crippen LogP contribution in [0.25, 0.3) is 0 Å². The lowest BCUT2D eigenvalue weighted by Gasteiger charge is -2.07. The first kappa shape index (κ1) is 15.4. The number of hydrogen-bond acceptors (Lipinski definition) is 6. The third-order valence-electron chi connectivity index (χ3n) is 2.90. The number of nitrogen functional groups attached to an aromatic ring is 1. The van der Waals surface area contributed by atoms with E-state index in [0.717, 1.165) is 6.42 Å². The zero-order valence-electron chi connectivity index (χ0n) is 12.1. The third-order valence-corrected chi connectivity index (χ3v) is 2.90. The van der Waals surface area contributed by atoms with E-state index < -0.39 is 18.5 Å². The first-order chi connectivity index (χ1) is 10.6. The van der Waals surface area contributed by atoms with E-state index in [1.54, 1.807) is 12.1 Å². The molecule has 1 amide bonds. The predicted octanol–water partition coefficient (Wildman–Crippen LogP) is 1.42. The molecule has 3 N–H and O–H groups in total. The molecule has 0 aliphatic carbocycles. The fourth-order valence-corrected chi connectivity index (χ4v) is 1.73. The van der Waals surface area contributed by atoms with Crippen LogP contribution in [-0.2, 0) is 16.0 Å². The average Bonchev–Trinajstić information content (AvgIpc) is 2.54. The lowest BCUT2D eigenvalue weighted by atomic mass is 10.1.